The van der Waals surface area contributed by atoms with Gasteiger partial charge in [-0.3, -0.25) is 4.99 Å². The fourth-order valence-electron chi connectivity index (χ4n) is 2.19. The third-order valence-electron chi connectivity index (χ3n) is 3.07. The molecule has 0 saturated heterocycles. The van der Waals surface area contributed by atoms with Gasteiger partial charge in [0.1, 0.15) is 0 Å². The van der Waals surface area contributed by atoms with Gasteiger partial charge in [-0.2, -0.15) is 11.8 Å². The normalized spacial score (nSPS) is 19.1. The molecule has 5 heteroatoms. The number of guanidine groups is 1. The average Bonchev–Trinajstić information content (AvgIpc) is 2.72. The van der Waals surface area contributed by atoms with Crippen LogP contribution in [0.25, 0.3) is 0 Å². The first-order chi connectivity index (χ1) is 8.74. The summed E-state index contributed by atoms with van der Waals surface area (Å²) in [6.45, 7) is 0.769. The van der Waals surface area contributed by atoms with Crippen LogP contribution in [0.2, 0.25) is 5.02 Å². The Labute approximate surface area is 117 Å². The van der Waals surface area contributed by atoms with Gasteiger partial charge in [0.2, 0.25) is 0 Å². The van der Waals surface area contributed by atoms with E-state index < -0.39 is 0 Å². The number of nitrogens with zero attached hydrogens (tertiary/aromatic N) is 2. The Bertz CT molecular complexity index is 436. The van der Waals surface area contributed by atoms with E-state index in [1.807, 2.05) is 36.0 Å². The molecule has 0 bridgehead atoms. The number of aliphatic imine (C=N–C) groups is 1. The van der Waals surface area contributed by atoms with Crippen LogP contribution in [0.15, 0.2) is 29.3 Å². The largest absolute Gasteiger partial charge is 0.370 e. The molecule has 1 aliphatic heterocycles. The molecular weight excluding hydrogens is 266 g/mol. The number of thioether (sulfide) groups is 1. The summed E-state index contributed by atoms with van der Waals surface area (Å²) in [6, 6.07) is 8.14. The summed E-state index contributed by atoms with van der Waals surface area (Å²) in [4.78, 5) is 6.42. The van der Waals surface area contributed by atoms with Gasteiger partial charge >= 0.3 is 0 Å². The van der Waals surface area contributed by atoms with Crippen molar-refractivity contribution in [2.45, 2.75) is 18.9 Å². The molecule has 1 atom stereocenters. The lowest BCUT2D eigenvalue weighted by Crippen LogP contribution is -2.41. The van der Waals surface area contributed by atoms with E-state index in [1.54, 1.807) is 0 Å². The molecule has 1 unspecified atom stereocenters. The van der Waals surface area contributed by atoms with Crippen molar-refractivity contribution in [3.8, 4) is 0 Å². The third kappa shape index (κ3) is 2.93. The van der Waals surface area contributed by atoms with E-state index in [-0.39, 0.29) is 0 Å². The molecule has 1 heterocycles. The number of hydrogen-bond donors (Lipinski definition) is 1. The van der Waals surface area contributed by atoms with Crippen molar-refractivity contribution in [3.63, 3.8) is 0 Å². The maximum absolute atomic E-state index is 6.24. The lowest BCUT2D eigenvalue weighted by Gasteiger charge is -2.27. The molecule has 2 N–H and O–H groups in total. The third-order valence-corrected chi connectivity index (χ3v) is 4.09. The van der Waals surface area contributed by atoms with Crippen LogP contribution in [0.5, 0.6) is 0 Å². The number of hydrogen-bond acceptors (Lipinski definition) is 4. The van der Waals surface area contributed by atoms with Crippen LogP contribution in [-0.4, -0.2) is 30.6 Å². The number of halogens is 1. The van der Waals surface area contributed by atoms with Gasteiger partial charge in [-0.25, -0.2) is 0 Å². The average molecular weight is 284 g/mol. The van der Waals surface area contributed by atoms with Gasteiger partial charge in [0.15, 0.2) is 5.96 Å². The zero-order chi connectivity index (χ0) is 13.0. The van der Waals surface area contributed by atoms with E-state index in [4.69, 9.17) is 17.3 Å². The maximum atomic E-state index is 6.24. The number of nitrogens with two attached hydrogens (primary N) is 1. The first-order valence-corrected chi connectivity index (χ1v) is 7.84. The van der Waals surface area contributed by atoms with Gasteiger partial charge in [0.05, 0.1) is 23.3 Å². The topological polar surface area (TPSA) is 41.6 Å². The molecule has 0 radical (unpaired) electrons. The fourth-order valence-corrected chi connectivity index (χ4v) is 2.88. The van der Waals surface area contributed by atoms with E-state index in [1.165, 1.54) is 12.2 Å². The molecule has 0 aromatic heterocycles. The van der Waals surface area contributed by atoms with Crippen molar-refractivity contribution in [2.75, 3.05) is 23.5 Å². The zero-order valence-corrected chi connectivity index (χ0v) is 12.0. The first kappa shape index (κ1) is 13.6. The summed E-state index contributed by atoms with van der Waals surface area (Å²) >= 11 is 8.11. The molecule has 3 nitrogen and oxygen atoms in total. The highest BCUT2D eigenvalue weighted by Gasteiger charge is 2.28. The first-order valence-electron chi connectivity index (χ1n) is 6.06. The molecule has 1 aromatic rings. The van der Waals surface area contributed by atoms with Crippen LogP contribution in [0, 0.1) is 0 Å². The van der Waals surface area contributed by atoms with E-state index in [2.05, 4.69) is 16.1 Å². The Balaban J connectivity index is 2.12. The molecule has 2 rings (SSSR count). The minimum atomic E-state index is 0.344. The molecule has 1 aliphatic rings. The Morgan fingerprint density at radius 1 is 1.50 bits per heavy atom. The van der Waals surface area contributed by atoms with Crippen molar-refractivity contribution >= 4 is 35.0 Å². The second-order valence-electron chi connectivity index (χ2n) is 4.31. The van der Waals surface area contributed by atoms with Crippen molar-refractivity contribution in [1.29, 1.82) is 0 Å². The molecule has 0 fully saturated rings. The zero-order valence-electron chi connectivity index (χ0n) is 10.5. The molecular formula is C13H18ClN3S. The predicted molar refractivity (Wildman–Crippen MR) is 81.8 cm³/mol. The van der Waals surface area contributed by atoms with Crippen molar-refractivity contribution in [2.24, 2.45) is 10.7 Å². The van der Waals surface area contributed by atoms with Gasteiger partial charge in [-0.05, 0) is 37.0 Å². The minimum absolute atomic E-state index is 0.344. The Morgan fingerprint density at radius 3 is 3.00 bits per heavy atom. The van der Waals surface area contributed by atoms with E-state index in [0.29, 0.717) is 12.0 Å². The summed E-state index contributed by atoms with van der Waals surface area (Å²) < 4.78 is 0. The number of rotatable bonds is 5. The van der Waals surface area contributed by atoms with Crippen LogP contribution in [0.4, 0.5) is 5.69 Å². The molecule has 98 valence electrons. The maximum Gasteiger partial charge on any atom is 0.196 e. The van der Waals surface area contributed by atoms with Gasteiger partial charge < -0.3 is 10.6 Å². The smallest absolute Gasteiger partial charge is 0.196 e. The van der Waals surface area contributed by atoms with Crippen molar-refractivity contribution in [1.82, 2.24) is 0 Å². The van der Waals surface area contributed by atoms with E-state index in [0.717, 1.165) is 23.7 Å². The molecule has 18 heavy (non-hydrogen) atoms. The molecule has 0 aliphatic carbocycles. The highest BCUT2D eigenvalue weighted by molar-refractivity contribution is 7.98. The van der Waals surface area contributed by atoms with Gasteiger partial charge in [0, 0.05) is 0 Å². The van der Waals surface area contributed by atoms with Crippen molar-refractivity contribution in [3.05, 3.63) is 29.3 Å². The van der Waals surface area contributed by atoms with Gasteiger partial charge in [-0.15, -0.1) is 0 Å². The summed E-state index contributed by atoms with van der Waals surface area (Å²) in [5, 5.41) is 0.729. The van der Waals surface area contributed by atoms with Crippen LogP contribution in [0.1, 0.15) is 12.8 Å². The van der Waals surface area contributed by atoms with Crippen LogP contribution >= 0.6 is 23.4 Å². The monoisotopic (exact) mass is 283 g/mol. The van der Waals surface area contributed by atoms with Crippen LogP contribution in [-0.2, 0) is 0 Å². The Kier molecular flexibility index (Phi) is 4.78. The van der Waals surface area contributed by atoms with E-state index in [9.17, 15) is 0 Å². The minimum Gasteiger partial charge on any atom is -0.370 e. The van der Waals surface area contributed by atoms with Crippen LogP contribution < -0.4 is 10.6 Å². The van der Waals surface area contributed by atoms with Gasteiger partial charge in [0.25, 0.3) is 0 Å². The quantitative estimate of drug-likeness (QED) is 0.845. The molecule has 0 saturated carbocycles. The highest BCUT2D eigenvalue weighted by atomic mass is 35.5. The van der Waals surface area contributed by atoms with Gasteiger partial charge in [-0.1, -0.05) is 23.7 Å². The summed E-state index contributed by atoms with van der Waals surface area (Å²) in [6.07, 6.45) is 4.40. The summed E-state index contributed by atoms with van der Waals surface area (Å²) in [5.41, 5.74) is 6.95. The summed E-state index contributed by atoms with van der Waals surface area (Å²) in [7, 11) is 0. The Hall–Kier alpha value is -0.870. The lowest BCUT2D eigenvalue weighted by atomic mass is 10.1. The molecule has 1 aromatic carbocycles. The number of para-hydroxylation sites is 1. The Morgan fingerprint density at radius 2 is 2.28 bits per heavy atom. The fraction of sp³-hybridized carbons (Fsp3) is 0.462. The number of benzene rings is 1. The molecule has 0 spiro atoms. The SMILES string of the molecule is CSCCCC1CN=C(N)N1c1ccccc1Cl. The van der Waals surface area contributed by atoms with Crippen LogP contribution in [0.3, 0.4) is 0 Å². The standard InChI is InChI=1S/C13H18ClN3S/c1-18-8-4-5-10-9-16-13(15)17(10)12-7-3-2-6-11(12)14/h2-3,6-7,10H,4-5,8-9H2,1H3,(H2,15,16). The lowest BCUT2D eigenvalue weighted by molar-refractivity contribution is 0.635. The highest BCUT2D eigenvalue weighted by Crippen LogP contribution is 2.30. The predicted octanol–water partition coefficient (Wildman–Crippen LogP) is 2.99. The molecule has 0 amide bonds. The second kappa shape index (κ2) is 6.34. The summed E-state index contributed by atoms with van der Waals surface area (Å²) in [5.74, 6) is 1.75. The second-order valence-corrected chi connectivity index (χ2v) is 5.70. The van der Waals surface area contributed by atoms with E-state index >= 15 is 0 Å². The van der Waals surface area contributed by atoms with Crippen molar-refractivity contribution < 1.29 is 0 Å². The number of anilines is 1.